The number of aryl methyl sites for hydroxylation is 2. The summed E-state index contributed by atoms with van der Waals surface area (Å²) in [7, 11) is 0. The number of ether oxygens (including phenoxy) is 1. The summed E-state index contributed by atoms with van der Waals surface area (Å²) in [4.78, 5) is 0. The van der Waals surface area contributed by atoms with Crippen LogP contribution in [0.1, 0.15) is 25.0 Å². The van der Waals surface area contributed by atoms with E-state index in [1.165, 1.54) is 15.6 Å². The van der Waals surface area contributed by atoms with Crippen LogP contribution >= 0.6 is 31.9 Å². The predicted molar refractivity (Wildman–Crippen MR) is 76.7 cm³/mol. The molecule has 1 aromatic carbocycles. The van der Waals surface area contributed by atoms with Gasteiger partial charge in [-0.3, -0.25) is 0 Å². The second-order valence-electron chi connectivity index (χ2n) is 4.96. The van der Waals surface area contributed by atoms with E-state index in [1.54, 1.807) is 0 Å². The zero-order chi connectivity index (χ0) is 12.3. The highest BCUT2D eigenvalue weighted by atomic mass is 79.9. The van der Waals surface area contributed by atoms with E-state index in [2.05, 4.69) is 71.7 Å². The van der Waals surface area contributed by atoms with Crippen molar-refractivity contribution in [3.05, 3.63) is 27.7 Å². The average molecular weight is 350 g/mol. The maximum atomic E-state index is 5.83. The third kappa shape index (κ3) is 3.77. The molecular formula is C13H18Br2O. The molecule has 0 bridgehead atoms. The van der Waals surface area contributed by atoms with Crippen LogP contribution in [0.2, 0.25) is 0 Å². The summed E-state index contributed by atoms with van der Waals surface area (Å²) >= 11 is 7.05. The standard InChI is InChI=1S/C13H18Br2O/c1-9-5-11(6-10(2)12(9)15)16-8-13(3,4)7-14/h5-6H,7-8H2,1-4H3. The molecule has 0 aromatic heterocycles. The van der Waals surface area contributed by atoms with Gasteiger partial charge in [-0.25, -0.2) is 0 Å². The Bertz CT molecular complexity index is 349. The van der Waals surface area contributed by atoms with E-state index in [9.17, 15) is 0 Å². The SMILES string of the molecule is Cc1cc(OCC(C)(C)CBr)cc(C)c1Br. The molecular weight excluding hydrogens is 332 g/mol. The molecule has 0 saturated carbocycles. The molecule has 1 rings (SSSR count). The van der Waals surface area contributed by atoms with Crippen LogP contribution in [0.15, 0.2) is 16.6 Å². The summed E-state index contributed by atoms with van der Waals surface area (Å²) in [5.41, 5.74) is 2.59. The van der Waals surface area contributed by atoms with Gasteiger partial charge in [-0.2, -0.15) is 0 Å². The van der Waals surface area contributed by atoms with Gasteiger partial charge in [0.15, 0.2) is 0 Å². The number of hydrogen-bond acceptors (Lipinski definition) is 1. The molecule has 0 aliphatic carbocycles. The predicted octanol–water partition coefficient (Wildman–Crippen LogP) is 4.87. The van der Waals surface area contributed by atoms with Crippen LogP contribution in [0.4, 0.5) is 0 Å². The summed E-state index contributed by atoms with van der Waals surface area (Å²) in [5, 5.41) is 0.939. The first-order chi connectivity index (χ1) is 7.35. The lowest BCUT2D eigenvalue weighted by Gasteiger charge is -2.22. The minimum absolute atomic E-state index is 0.162. The van der Waals surface area contributed by atoms with Gasteiger partial charge in [0.1, 0.15) is 5.75 Å². The van der Waals surface area contributed by atoms with Gasteiger partial charge in [0.05, 0.1) is 6.61 Å². The fourth-order valence-electron chi connectivity index (χ4n) is 1.31. The van der Waals surface area contributed by atoms with Crippen LogP contribution in [0.3, 0.4) is 0 Å². The second-order valence-corrected chi connectivity index (χ2v) is 6.31. The van der Waals surface area contributed by atoms with E-state index in [1.807, 2.05) is 0 Å². The maximum absolute atomic E-state index is 5.83. The van der Waals surface area contributed by atoms with Gasteiger partial charge in [-0.1, -0.05) is 45.7 Å². The van der Waals surface area contributed by atoms with Crippen molar-refractivity contribution in [2.45, 2.75) is 27.7 Å². The quantitative estimate of drug-likeness (QED) is 0.705. The average Bonchev–Trinajstić information content (AvgIpc) is 2.23. The Morgan fingerprint density at radius 3 is 2.12 bits per heavy atom. The summed E-state index contributed by atoms with van der Waals surface area (Å²) in [6, 6.07) is 4.14. The minimum Gasteiger partial charge on any atom is -0.493 e. The maximum Gasteiger partial charge on any atom is 0.119 e. The first-order valence-electron chi connectivity index (χ1n) is 5.31. The summed E-state index contributed by atoms with van der Waals surface area (Å²) in [6.45, 7) is 9.25. The molecule has 0 aliphatic rings. The number of rotatable bonds is 4. The molecule has 16 heavy (non-hydrogen) atoms. The van der Waals surface area contributed by atoms with E-state index in [0.717, 1.165) is 17.7 Å². The van der Waals surface area contributed by atoms with Gasteiger partial charge in [0, 0.05) is 15.2 Å². The number of hydrogen-bond donors (Lipinski definition) is 0. The molecule has 0 unspecified atom stereocenters. The van der Waals surface area contributed by atoms with Crippen LogP contribution in [-0.4, -0.2) is 11.9 Å². The number of halogens is 2. The first kappa shape index (κ1) is 14.0. The highest BCUT2D eigenvalue weighted by molar-refractivity contribution is 9.10. The van der Waals surface area contributed by atoms with Crippen molar-refractivity contribution in [3.63, 3.8) is 0 Å². The van der Waals surface area contributed by atoms with Crippen LogP contribution in [0, 0.1) is 19.3 Å². The van der Waals surface area contributed by atoms with E-state index >= 15 is 0 Å². The zero-order valence-corrected chi connectivity index (χ0v) is 13.4. The van der Waals surface area contributed by atoms with Gasteiger partial charge in [-0.05, 0) is 37.1 Å². The lowest BCUT2D eigenvalue weighted by Crippen LogP contribution is -2.22. The Balaban J connectivity index is 2.76. The number of alkyl halides is 1. The molecule has 0 fully saturated rings. The minimum atomic E-state index is 0.162. The van der Waals surface area contributed by atoms with Crippen molar-refractivity contribution in [2.75, 3.05) is 11.9 Å². The van der Waals surface area contributed by atoms with Crippen molar-refractivity contribution in [3.8, 4) is 5.75 Å². The van der Waals surface area contributed by atoms with Gasteiger partial charge in [0.25, 0.3) is 0 Å². The van der Waals surface area contributed by atoms with E-state index in [0.29, 0.717) is 0 Å². The van der Waals surface area contributed by atoms with Crippen LogP contribution in [0.5, 0.6) is 5.75 Å². The Morgan fingerprint density at radius 1 is 1.19 bits per heavy atom. The lowest BCUT2D eigenvalue weighted by atomic mass is 9.98. The third-order valence-corrected chi connectivity index (χ3v) is 5.17. The smallest absolute Gasteiger partial charge is 0.119 e. The largest absolute Gasteiger partial charge is 0.493 e. The monoisotopic (exact) mass is 348 g/mol. The lowest BCUT2D eigenvalue weighted by molar-refractivity contribution is 0.203. The molecule has 0 heterocycles. The van der Waals surface area contributed by atoms with Gasteiger partial charge >= 0.3 is 0 Å². The molecule has 0 radical (unpaired) electrons. The van der Waals surface area contributed by atoms with Crippen molar-refractivity contribution >= 4 is 31.9 Å². The van der Waals surface area contributed by atoms with Crippen molar-refractivity contribution in [2.24, 2.45) is 5.41 Å². The molecule has 0 N–H and O–H groups in total. The van der Waals surface area contributed by atoms with Crippen LogP contribution < -0.4 is 4.74 Å². The number of benzene rings is 1. The van der Waals surface area contributed by atoms with Gasteiger partial charge in [0.2, 0.25) is 0 Å². The van der Waals surface area contributed by atoms with E-state index < -0.39 is 0 Å². The topological polar surface area (TPSA) is 9.23 Å². The fraction of sp³-hybridized carbons (Fsp3) is 0.538. The Kier molecular flexibility index (Phi) is 4.87. The molecule has 0 atom stereocenters. The molecule has 0 spiro atoms. The molecule has 3 heteroatoms. The second kappa shape index (κ2) is 5.54. The molecule has 0 saturated heterocycles. The summed E-state index contributed by atoms with van der Waals surface area (Å²) in [6.07, 6.45) is 0. The summed E-state index contributed by atoms with van der Waals surface area (Å²) < 4.78 is 6.99. The molecule has 1 nitrogen and oxygen atoms in total. The Labute approximate surface area is 115 Å². The summed E-state index contributed by atoms with van der Waals surface area (Å²) in [5.74, 6) is 0.951. The fourth-order valence-corrected chi connectivity index (χ4v) is 1.70. The highest BCUT2D eigenvalue weighted by Crippen LogP contribution is 2.28. The molecule has 0 aliphatic heterocycles. The Morgan fingerprint density at radius 2 is 1.69 bits per heavy atom. The van der Waals surface area contributed by atoms with Gasteiger partial charge < -0.3 is 4.74 Å². The van der Waals surface area contributed by atoms with Crippen LogP contribution in [-0.2, 0) is 0 Å². The van der Waals surface area contributed by atoms with Crippen LogP contribution in [0.25, 0.3) is 0 Å². The van der Waals surface area contributed by atoms with Gasteiger partial charge in [-0.15, -0.1) is 0 Å². The highest BCUT2D eigenvalue weighted by Gasteiger charge is 2.17. The van der Waals surface area contributed by atoms with E-state index in [4.69, 9.17) is 4.74 Å². The third-order valence-electron chi connectivity index (χ3n) is 2.40. The first-order valence-corrected chi connectivity index (χ1v) is 7.23. The Hall–Kier alpha value is -0.0200. The van der Waals surface area contributed by atoms with Crippen molar-refractivity contribution in [1.29, 1.82) is 0 Å². The molecule has 1 aromatic rings. The normalized spacial score (nSPS) is 11.6. The van der Waals surface area contributed by atoms with Crippen molar-refractivity contribution < 1.29 is 4.74 Å². The molecule has 90 valence electrons. The zero-order valence-electron chi connectivity index (χ0n) is 10.2. The van der Waals surface area contributed by atoms with E-state index in [-0.39, 0.29) is 5.41 Å². The van der Waals surface area contributed by atoms with Crippen molar-refractivity contribution in [1.82, 2.24) is 0 Å². The molecule has 0 amide bonds.